The van der Waals surface area contributed by atoms with Crippen LogP contribution >= 0.6 is 11.3 Å². The summed E-state index contributed by atoms with van der Waals surface area (Å²) in [6, 6.07) is 3.11. The fourth-order valence-electron chi connectivity index (χ4n) is 4.41. The van der Waals surface area contributed by atoms with Crippen molar-refractivity contribution in [2.24, 2.45) is 5.92 Å². The van der Waals surface area contributed by atoms with Gasteiger partial charge in [-0.3, -0.25) is 18.8 Å². The summed E-state index contributed by atoms with van der Waals surface area (Å²) < 4.78 is 18.3. The first-order valence-electron chi connectivity index (χ1n) is 11.4. The first-order valence-corrected chi connectivity index (χ1v) is 12.2. The molecule has 1 aliphatic rings. The minimum Gasteiger partial charge on any atom is -0.477 e. The van der Waals surface area contributed by atoms with Crippen LogP contribution in [0.25, 0.3) is 16.2 Å². The van der Waals surface area contributed by atoms with Crippen LogP contribution in [0, 0.1) is 18.7 Å². The maximum Gasteiger partial charge on any atom is 0.341 e. The van der Waals surface area contributed by atoms with Gasteiger partial charge in [0.1, 0.15) is 11.3 Å². The van der Waals surface area contributed by atoms with E-state index in [1.807, 2.05) is 31.5 Å². The van der Waals surface area contributed by atoms with Gasteiger partial charge >= 0.3 is 5.97 Å². The number of hydrogen-bond acceptors (Lipinski definition) is 8. The van der Waals surface area contributed by atoms with Gasteiger partial charge in [-0.1, -0.05) is 0 Å². The van der Waals surface area contributed by atoms with Gasteiger partial charge in [0.2, 0.25) is 5.43 Å². The lowest BCUT2D eigenvalue weighted by molar-refractivity contribution is -0.123. The summed E-state index contributed by atoms with van der Waals surface area (Å²) in [5, 5.41) is 15.9. The van der Waals surface area contributed by atoms with E-state index in [9.17, 15) is 19.5 Å². The number of rotatable bonds is 7. The van der Waals surface area contributed by atoms with Gasteiger partial charge in [-0.15, -0.1) is 11.3 Å². The van der Waals surface area contributed by atoms with Crippen molar-refractivity contribution in [1.29, 1.82) is 0 Å². The van der Waals surface area contributed by atoms with Crippen LogP contribution in [0.5, 0.6) is 0 Å². The fourth-order valence-corrected chi connectivity index (χ4v) is 5.03. The van der Waals surface area contributed by atoms with Gasteiger partial charge < -0.3 is 10.0 Å². The third-order valence-corrected chi connectivity index (χ3v) is 6.99. The van der Waals surface area contributed by atoms with Gasteiger partial charge in [-0.05, 0) is 32.9 Å². The summed E-state index contributed by atoms with van der Waals surface area (Å²) >= 11 is 1.22. The molecule has 1 N–H and O–H groups in total. The van der Waals surface area contributed by atoms with Crippen molar-refractivity contribution in [3.8, 4) is 5.13 Å². The van der Waals surface area contributed by atoms with E-state index in [-0.39, 0.29) is 54.1 Å². The number of Topliss-reactive ketones (excluding diaryl/α,β-unsaturated/α-hetero) is 1. The number of aromatic nitrogens is 5. The summed E-state index contributed by atoms with van der Waals surface area (Å²) in [7, 11) is 0. The maximum absolute atomic E-state index is 15.1. The van der Waals surface area contributed by atoms with Crippen LogP contribution in [0.15, 0.2) is 34.7 Å². The second-order valence-corrected chi connectivity index (χ2v) is 9.96. The van der Waals surface area contributed by atoms with E-state index in [1.54, 1.807) is 10.3 Å². The lowest BCUT2D eigenvalue weighted by Crippen LogP contribution is -2.51. The van der Waals surface area contributed by atoms with Crippen molar-refractivity contribution in [2.45, 2.75) is 33.2 Å². The molecule has 5 rings (SSSR count). The topological polar surface area (TPSA) is 123 Å². The molecule has 1 aliphatic heterocycles. The number of hydrogen-bond donors (Lipinski definition) is 1. The fraction of sp³-hybridized carbons (Fsp3) is 0.333. The van der Waals surface area contributed by atoms with Crippen molar-refractivity contribution in [2.75, 3.05) is 18.0 Å². The average Bonchev–Trinajstić information content (AvgIpc) is 3.43. The smallest absolute Gasteiger partial charge is 0.341 e. The zero-order valence-electron chi connectivity index (χ0n) is 19.8. The normalized spacial score (nSPS) is 14.0. The molecular weight excluding hydrogens is 487 g/mol. The van der Waals surface area contributed by atoms with Gasteiger partial charge in [-0.2, -0.15) is 5.10 Å². The highest BCUT2D eigenvalue weighted by Gasteiger charge is 2.35. The van der Waals surface area contributed by atoms with Crippen molar-refractivity contribution >= 4 is 39.9 Å². The Labute approximate surface area is 208 Å². The highest BCUT2D eigenvalue weighted by Crippen LogP contribution is 2.30. The summed E-state index contributed by atoms with van der Waals surface area (Å²) in [5.74, 6) is -2.45. The van der Waals surface area contributed by atoms with Crippen LogP contribution in [-0.2, 0) is 11.2 Å². The zero-order valence-corrected chi connectivity index (χ0v) is 20.6. The second-order valence-electron chi connectivity index (χ2n) is 9.09. The summed E-state index contributed by atoms with van der Waals surface area (Å²) in [5.41, 5.74) is 0.470. The molecule has 1 fully saturated rings. The molecule has 4 aromatic rings. The Balaban J connectivity index is 1.42. The molecule has 10 nitrogen and oxygen atoms in total. The number of pyridine rings is 2. The molecule has 0 unspecified atom stereocenters. The van der Waals surface area contributed by atoms with Crippen molar-refractivity contribution in [3.05, 3.63) is 62.9 Å². The molecular formula is C24H23FN6O4S. The number of thiazole rings is 1. The molecule has 0 spiro atoms. The van der Waals surface area contributed by atoms with Crippen LogP contribution in [0.1, 0.15) is 41.6 Å². The molecule has 0 saturated carbocycles. The Morgan fingerprint density at radius 1 is 1.28 bits per heavy atom. The number of nitrogens with zero attached hydrogens (tertiary/aromatic N) is 6. The van der Waals surface area contributed by atoms with Gasteiger partial charge in [0.25, 0.3) is 0 Å². The van der Waals surface area contributed by atoms with E-state index in [0.29, 0.717) is 10.8 Å². The maximum atomic E-state index is 15.1. The Morgan fingerprint density at radius 2 is 2.03 bits per heavy atom. The van der Waals surface area contributed by atoms with Crippen LogP contribution < -0.4 is 10.3 Å². The van der Waals surface area contributed by atoms with Crippen LogP contribution in [-0.4, -0.2) is 54.3 Å². The highest BCUT2D eigenvalue weighted by molar-refractivity contribution is 7.12. The Bertz CT molecular complexity index is 1550. The second kappa shape index (κ2) is 8.94. The van der Waals surface area contributed by atoms with Gasteiger partial charge in [-0.25, -0.2) is 19.2 Å². The zero-order chi connectivity index (χ0) is 25.7. The number of carbonyl (C=O) groups excluding carboxylic acids is 1. The lowest BCUT2D eigenvalue weighted by Gasteiger charge is -2.39. The van der Waals surface area contributed by atoms with E-state index in [0.717, 1.165) is 18.0 Å². The molecule has 0 amide bonds. The molecule has 0 aromatic carbocycles. The van der Waals surface area contributed by atoms with Crippen LogP contribution in [0.4, 0.5) is 10.2 Å². The molecule has 5 heterocycles. The number of carboxylic acid groups (broad SMARTS) is 1. The molecule has 12 heteroatoms. The van der Waals surface area contributed by atoms with E-state index < -0.39 is 22.8 Å². The summed E-state index contributed by atoms with van der Waals surface area (Å²) in [6.07, 6.45) is 2.89. The van der Waals surface area contributed by atoms with Crippen molar-refractivity contribution in [1.82, 2.24) is 24.3 Å². The van der Waals surface area contributed by atoms with E-state index >= 15 is 4.39 Å². The predicted molar refractivity (Wildman–Crippen MR) is 132 cm³/mol. The molecule has 36 heavy (non-hydrogen) atoms. The summed E-state index contributed by atoms with van der Waals surface area (Å²) in [6.45, 7) is 6.57. The first-order chi connectivity index (χ1) is 17.1. The quantitative estimate of drug-likeness (QED) is 0.403. The Morgan fingerprint density at radius 3 is 2.64 bits per heavy atom. The Kier molecular flexibility index (Phi) is 5.91. The number of anilines is 1. The number of carboxylic acids is 1. The SMILES string of the molecule is Cc1cc(CC(=O)C2CN(c3nc4c(cc3F)c(=O)c(C(=O)O)cn4-c3nccs3)C2)nn1C(C)C. The van der Waals surface area contributed by atoms with Crippen LogP contribution in [0.3, 0.4) is 0 Å². The molecule has 186 valence electrons. The Hall–Kier alpha value is -3.93. The molecule has 0 bridgehead atoms. The van der Waals surface area contributed by atoms with Gasteiger partial charge in [0.05, 0.1) is 23.4 Å². The number of aromatic carboxylic acids is 1. The molecule has 4 aromatic heterocycles. The first kappa shape index (κ1) is 23.8. The third-order valence-electron chi connectivity index (χ3n) is 6.22. The number of carbonyl (C=O) groups is 2. The molecule has 0 radical (unpaired) electrons. The van der Waals surface area contributed by atoms with Gasteiger partial charge in [0.15, 0.2) is 22.4 Å². The predicted octanol–water partition coefficient (Wildman–Crippen LogP) is 3.01. The number of ketones is 1. The average molecular weight is 511 g/mol. The van der Waals surface area contributed by atoms with E-state index in [2.05, 4.69) is 15.1 Å². The third kappa shape index (κ3) is 4.06. The summed E-state index contributed by atoms with van der Waals surface area (Å²) in [4.78, 5) is 47.3. The standard InChI is InChI=1S/C24H23FN6O4S/c1-12(2)31-13(3)6-15(28-31)7-19(32)14-9-29(10-14)22-18(25)8-16-20(33)17(23(34)35)11-30(21(16)27-22)24-26-4-5-36-24/h4-6,8,11-12,14H,7,9-10H2,1-3H3,(H,34,35). The van der Waals surface area contributed by atoms with Crippen molar-refractivity contribution in [3.63, 3.8) is 0 Å². The number of halogens is 1. The van der Waals surface area contributed by atoms with E-state index in [1.165, 1.54) is 22.1 Å². The molecule has 0 aliphatic carbocycles. The van der Waals surface area contributed by atoms with Crippen LogP contribution in [0.2, 0.25) is 0 Å². The lowest BCUT2D eigenvalue weighted by atomic mass is 9.92. The minimum atomic E-state index is -1.42. The van der Waals surface area contributed by atoms with E-state index in [4.69, 9.17) is 0 Å². The molecule has 1 saturated heterocycles. The minimum absolute atomic E-state index is 0.000684. The monoisotopic (exact) mass is 510 g/mol. The van der Waals surface area contributed by atoms with Gasteiger partial charge in [0, 0.05) is 42.6 Å². The molecule has 0 atom stereocenters. The largest absolute Gasteiger partial charge is 0.477 e. The van der Waals surface area contributed by atoms with Crippen molar-refractivity contribution < 1.29 is 19.1 Å². The highest BCUT2D eigenvalue weighted by atomic mass is 32.1. The number of fused-ring (bicyclic) bond motifs is 1. The number of aryl methyl sites for hydroxylation is 1.